The van der Waals surface area contributed by atoms with Gasteiger partial charge in [-0.1, -0.05) is 44.7 Å². The number of amides is 2. The summed E-state index contributed by atoms with van der Waals surface area (Å²) in [6.45, 7) is 8.43. The summed E-state index contributed by atoms with van der Waals surface area (Å²) < 4.78 is 0. The van der Waals surface area contributed by atoms with Crippen LogP contribution in [0.4, 0.5) is 5.69 Å². The van der Waals surface area contributed by atoms with Gasteiger partial charge in [-0.3, -0.25) is 9.59 Å². The van der Waals surface area contributed by atoms with Gasteiger partial charge in [0.05, 0.1) is 17.3 Å². The summed E-state index contributed by atoms with van der Waals surface area (Å²) in [6, 6.07) is 7.61. The first kappa shape index (κ1) is 21.4. The molecule has 156 valence electrons. The Bertz CT molecular complexity index is 883. The largest absolute Gasteiger partial charge is 0.345 e. The molecule has 0 unspecified atom stereocenters. The number of allylic oxidation sites excluding steroid dienone is 1. The van der Waals surface area contributed by atoms with E-state index in [9.17, 15) is 9.59 Å². The van der Waals surface area contributed by atoms with Crippen LogP contribution in [-0.2, 0) is 9.59 Å². The standard InChI is InChI=1S/C22H30N4O2S/c1-14-17(19(27)25(5)6)18(26-11-8-12-29-21(26)23-14)15-9-7-10-16(13-15)24-20(28)22(2,3)4/h7,9-10,13,18H,8,11-12H2,1-6H3,(H,24,28)/t18-/m1/s1. The molecule has 2 heterocycles. The molecule has 1 N–H and O–H groups in total. The van der Waals surface area contributed by atoms with Crippen LogP contribution in [-0.4, -0.2) is 53.2 Å². The maximum atomic E-state index is 13.1. The third-order valence-corrected chi connectivity index (χ3v) is 6.11. The number of hydrogen-bond acceptors (Lipinski definition) is 5. The summed E-state index contributed by atoms with van der Waals surface area (Å²) in [5.41, 5.74) is 2.70. The zero-order chi connectivity index (χ0) is 21.3. The Kier molecular flexibility index (Phi) is 6.08. The van der Waals surface area contributed by atoms with E-state index in [0.29, 0.717) is 5.57 Å². The van der Waals surface area contributed by atoms with Crippen molar-refractivity contribution < 1.29 is 9.59 Å². The summed E-state index contributed by atoms with van der Waals surface area (Å²) in [6.07, 6.45) is 1.04. The Morgan fingerprint density at radius 1 is 1.28 bits per heavy atom. The van der Waals surface area contributed by atoms with E-state index in [0.717, 1.165) is 40.8 Å². The van der Waals surface area contributed by atoms with Crippen molar-refractivity contribution in [1.29, 1.82) is 0 Å². The monoisotopic (exact) mass is 414 g/mol. The normalized spacial score (nSPS) is 19.4. The Morgan fingerprint density at radius 2 is 2.00 bits per heavy atom. The molecule has 1 aromatic carbocycles. The molecule has 1 fully saturated rings. The summed E-state index contributed by atoms with van der Waals surface area (Å²) in [4.78, 5) is 34.1. The van der Waals surface area contributed by atoms with Crippen molar-refractivity contribution in [2.24, 2.45) is 10.4 Å². The minimum atomic E-state index is -0.479. The number of amidine groups is 1. The van der Waals surface area contributed by atoms with Gasteiger partial charge in [0.1, 0.15) is 0 Å². The molecular formula is C22H30N4O2S. The molecule has 0 bridgehead atoms. The number of aliphatic imine (C=N–C) groups is 1. The molecule has 0 saturated carbocycles. The van der Waals surface area contributed by atoms with E-state index in [4.69, 9.17) is 4.99 Å². The smallest absolute Gasteiger partial charge is 0.253 e. The van der Waals surface area contributed by atoms with Crippen LogP contribution in [0, 0.1) is 5.41 Å². The Morgan fingerprint density at radius 3 is 2.66 bits per heavy atom. The number of thioether (sulfide) groups is 1. The van der Waals surface area contributed by atoms with Crippen LogP contribution >= 0.6 is 11.8 Å². The second kappa shape index (κ2) is 8.22. The predicted molar refractivity (Wildman–Crippen MR) is 120 cm³/mol. The molecule has 0 spiro atoms. The number of nitrogens with zero attached hydrogens (tertiary/aromatic N) is 3. The van der Waals surface area contributed by atoms with Crippen LogP contribution in [0.5, 0.6) is 0 Å². The molecule has 1 aromatic rings. The molecule has 2 aliphatic heterocycles. The zero-order valence-electron chi connectivity index (χ0n) is 18.1. The fraction of sp³-hybridized carbons (Fsp3) is 0.500. The SMILES string of the molecule is CC1=C(C(=O)N(C)C)[C@@H](c2cccc(NC(=O)C(C)(C)C)c2)N2CCCSC2=N1. The van der Waals surface area contributed by atoms with E-state index in [1.165, 1.54) is 0 Å². The van der Waals surface area contributed by atoms with E-state index in [2.05, 4.69) is 10.2 Å². The molecule has 1 atom stereocenters. The van der Waals surface area contributed by atoms with Crippen LogP contribution in [0.25, 0.3) is 0 Å². The highest BCUT2D eigenvalue weighted by Gasteiger charge is 2.37. The third kappa shape index (κ3) is 4.50. The minimum Gasteiger partial charge on any atom is -0.345 e. The van der Waals surface area contributed by atoms with E-state index in [1.807, 2.05) is 52.0 Å². The molecule has 0 aromatic heterocycles. The number of carbonyl (C=O) groups is 2. The van der Waals surface area contributed by atoms with Gasteiger partial charge in [0, 0.05) is 37.5 Å². The van der Waals surface area contributed by atoms with Crippen molar-refractivity contribution in [2.75, 3.05) is 31.7 Å². The van der Waals surface area contributed by atoms with Crippen molar-refractivity contribution in [3.63, 3.8) is 0 Å². The van der Waals surface area contributed by atoms with Crippen molar-refractivity contribution >= 4 is 34.4 Å². The van der Waals surface area contributed by atoms with Crippen molar-refractivity contribution in [2.45, 2.75) is 40.2 Å². The van der Waals surface area contributed by atoms with Gasteiger partial charge >= 0.3 is 0 Å². The fourth-order valence-corrected chi connectivity index (χ4v) is 4.45. The number of likely N-dealkylation sites (N-methyl/N-ethyl adjacent to an activating group) is 1. The average Bonchev–Trinajstić information content (AvgIpc) is 2.65. The van der Waals surface area contributed by atoms with Gasteiger partial charge in [0.25, 0.3) is 5.91 Å². The quantitative estimate of drug-likeness (QED) is 0.815. The highest BCUT2D eigenvalue weighted by atomic mass is 32.2. The first-order valence-electron chi connectivity index (χ1n) is 9.91. The molecule has 0 aliphatic carbocycles. The summed E-state index contributed by atoms with van der Waals surface area (Å²) in [7, 11) is 3.54. The summed E-state index contributed by atoms with van der Waals surface area (Å²) in [5.74, 6) is 0.967. The number of carbonyl (C=O) groups excluding carboxylic acids is 2. The van der Waals surface area contributed by atoms with Gasteiger partial charge < -0.3 is 15.1 Å². The predicted octanol–water partition coefficient (Wildman–Crippen LogP) is 3.88. The molecule has 29 heavy (non-hydrogen) atoms. The lowest BCUT2D eigenvalue weighted by Crippen LogP contribution is -2.43. The zero-order valence-corrected chi connectivity index (χ0v) is 18.9. The van der Waals surface area contributed by atoms with Gasteiger partial charge in [-0.05, 0) is 31.0 Å². The van der Waals surface area contributed by atoms with Crippen molar-refractivity contribution in [3.8, 4) is 0 Å². The number of hydrogen-bond donors (Lipinski definition) is 1. The van der Waals surface area contributed by atoms with Crippen LogP contribution in [0.15, 0.2) is 40.5 Å². The average molecular weight is 415 g/mol. The molecule has 1 saturated heterocycles. The van der Waals surface area contributed by atoms with Gasteiger partial charge in [-0.2, -0.15) is 0 Å². The van der Waals surface area contributed by atoms with Crippen molar-refractivity contribution in [3.05, 3.63) is 41.1 Å². The Hall–Kier alpha value is -2.28. The number of rotatable bonds is 3. The van der Waals surface area contributed by atoms with Gasteiger partial charge in [-0.25, -0.2) is 4.99 Å². The van der Waals surface area contributed by atoms with Crippen LogP contribution in [0.2, 0.25) is 0 Å². The molecule has 3 rings (SSSR count). The highest BCUT2D eigenvalue weighted by molar-refractivity contribution is 8.13. The molecular weight excluding hydrogens is 384 g/mol. The number of anilines is 1. The number of benzene rings is 1. The Balaban J connectivity index is 2.04. The lowest BCUT2D eigenvalue weighted by molar-refractivity contribution is -0.125. The van der Waals surface area contributed by atoms with Gasteiger partial charge in [0.15, 0.2) is 5.17 Å². The molecule has 2 amide bonds. The molecule has 2 aliphatic rings. The van der Waals surface area contributed by atoms with Crippen LogP contribution in [0.1, 0.15) is 45.7 Å². The first-order valence-corrected chi connectivity index (χ1v) is 10.9. The van der Waals surface area contributed by atoms with E-state index in [1.54, 1.807) is 30.8 Å². The first-order chi connectivity index (χ1) is 13.6. The van der Waals surface area contributed by atoms with E-state index < -0.39 is 5.41 Å². The van der Waals surface area contributed by atoms with E-state index in [-0.39, 0.29) is 17.9 Å². The van der Waals surface area contributed by atoms with Crippen LogP contribution < -0.4 is 5.32 Å². The van der Waals surface area contributed by atoms with Crippen molar-refractivity contribution in [1.82, 2.24) is 9.80 Å². The maximum Gasteiger partial charge on any atom is 0.253 e. The lowest BCUT2D eigenvalue weighted by atomic mass is 9.92. The number of fused-ring (bicyclic) bond motifs is 1. The summed E-state index contributed by atoms with van der Waals surface area (Å²) >= 11 is 1.74. The van der Waals surface area contributed by atoms with E-state index >= 15 is 0 Å². The highest BCUT2D eigenvalue weighted by Crippen LogP contribution is 2.40. The molecule has 6 nitrogen and oxygen atoms in total. The second-order valence-electron chi connectivity index (χ2n) is 8.72. The third-order valence-electron chi connectivity index (χ3n) is 5.04. The maximum absolute atomic E-state index is 13.1. The topological polar surface area (TPSA) is 65.0 Å². The lowest BCUT2D eigenvalue weighted by Gasteiger charge is -2.41. The minimum absolute atomic E-state index is 0.0324. The Labute approximate surface area is 177 Å². The summed E-state index contributed by atoms with van der Waals surface area (Å²) in [5, 5.41) is 3.98. The van der Waals surface area contributed by atoms with Gasteiger partial charge in [0.2, 0.25) is 5.91 Å². The van der Waals surface area contributed by atoms with Crippen LogP contribution in [0.3, 0.4) is 0 Å². The second-order valence-corrected chi connectivity index (χ2v) is 9.78. The fourth-order valence-electron chi connectivity index (χ4n) is 3.43. The molecule has 0 radical (unpaired) electrons. The van der Waals surface area contributed by atoms with Gasteiger partial charge in [-0.15, -0.1) is 0 Å². The number of nitrogens with one attached hydrogen (secondary N) is 1. The molecule has 7 heteroatoms.